The summed E-state index contributed by atoms with van der Waals surface area (Å²) in [6.45, 7) is 4.73. The molecule has 8 heteroatoms. The molecule has 1 heterocycles. The Bertz CT molecular complexity index is 731. The van der Waals surface area contributed by atoms with Crippen LogP contribution in [-0.4, -0.2) is 44.9 Å². The molecular weight excluding hydrogens is 376 g/mol. The fourth-order valence-corrected chi connectivity index (χ4v) is 5.00. The van der Waals surface area contributed by atoms with Gasteiger partial charge in [0.05, 0.1) is 17.0 Å². The predicted molar refractivity (Wildman–Crippen MR) is 102 cm³/mol. The van der Waals surface area contributed by atoms with E-state index in [1.807, 2.05) is 6.92 Å². The van der Waals surface area contributed by atoms with E-state index in [9.17, 15) is 13.2 Å². The van der Waals surface area contributed by atoms with Crippen molar-refractivity contribution < 1.29 is 17.9 Å². The maximum atomic E-state index is 12.8. The van der Waals surface area contributed by atoms with Gasteiger partial charge in [0.15, 0.2) is 0 Å². The molecule has 1 aromatic carbocycles. The summed E-state index contributed by atoms with van der Waals surface area (Å²) in [5, 5.41) is 3.27. The van der Waals surface area contributed by atoms with Gasteiger partial charge < -0.3 is 10.1 Å². The highest BCUT2D eigenvalue weighted by Gasteiger charge is 2.32. The quantitative estimate of drug-likeness (QED) is 0.760. The molecule has 1 fully saturated rings. The minimum atomic E-state index is -3.63. The molecule has 0 spiro atoms. The molecule has 1 aliphatic rings. The molecule has 1 aliphatic heterocycles. The Balaban J connectivity index is 2.00. The van der Waals surface area contributed by atoms with Crippen molar-refractivity contribution in [3.8, 4) is 5.75 Å². The van der Waals surface area contributed by atoms with Crippen molar-refractivity contribution in [1.82, 2.24) is 9.62 Å². The summed E-state index contributed by atoms with van der Waals surface area (Å²) in [4.78, 5) is 12.5. The highest BCUT2D eigenvalue weighted by Crippen LogP contribution is 2.30. The Labute approximate surface area is 160 Å². The van der Waals surface area contributed by atoms with E-state index in [4.69, 9.17) is 16.3 Å². The van der Waals surface area contributed by atoms with Crippen LogP contribution in [-0.2, 0) is 14.8 Å². The second kappa shape index (κ2) is 9.06. The molecule has 1 N–H and O–H groups in total. The fourth-order valence-electron chi connectivity index (χ4n) is 3.18. The van der Waals surface area contributed by atoms with Crippen LogP contribution in [0.15, 0.2) is 23.1 Å². The molecule has 146 valence electrons. The zero-order chi connectivity index (χ0) is 19.3. The van der Waals surface area contributed by atoms with Crippen LogP contribution < -0.4 is 10.1 Å². The summed E-state index contributed by atoms with van der Waals surface area (Å²) in [6, 6.07) is 4.59. The molecule has 6 nitrogen and oxygen atoms in total. The molecule has 26 heavy (non-hydrogen) atoms. The molecule has 2 rings (SSSR count). The standard InChI is InChI=1S/C18H27ClN2O4S/c1-4-5-13(2)20-18(22)14-8-10-21(11-9-14)26(23,24)15-6-7-17(25-3)16(19)12-15/h6-7,12-14H,4-5,8-11H2,1-3H3,(H,20,22)/t13-/m0/s1. The summed E-state index contributed by atoms with van der Waals surface area (Å²) in [7, 11) is -2.15. The van der Waals surface area contributed by atoms with Gasteiger partial charge in [-0.1, -0.05) is 24.9 Å². The molecule has 0 bridgehead atoms. The van der Waals surface area contributed by atoms with Crippen LogP contribution in [0.2, 0.25) is 5.02 Å². The number of rotatable bonds is 7. The molecule has 1 atom stereocenters. The molecule has 0 saturated carbocycles. The predicted octanol–water partition coefficient (Wildman–Crippen LogP) is 3.05. The van der Waals surface area contributed by atoms with Crippen LogP contribution in [0, 0.1) is 5.92 Å². The monoisotopic (exact) mass is 402 g/mol. The van der Waals surface area contributed by atoms with Gasteiger partial charge in [-0.3, -0.25) is 4.79 Å². The van der Waals surface area contributed by atoms with Crippen LogP contribution in [0.25, 0.3) is 0 Å². The Morgan fingerprint density at radius 3 is 2.58 bits per heavy atom. The molecule has 0 aliphatic carbocycles. The number of carbonyl (C=O) groups excluding carboxylic acids is 1. The molecular formula is C18H27ClN2O4S. The third-order valence-corrected chi connectivity index (χ3v) is 6.89. The van der Waals surface area contributed by atoms with Crippen molar-refractivity contribution in [1.29, 1.82) is 0 Å². The van der Waals surface area contributed by atoms with Crippen molar-refractivity contribution in [3.05, 3.63) is 23.2 Å². The largest absolute Gasteiger partial charge is 0.495 e. The van der Waals surface area contributed by atoms with Crippen molar-refractivity contribution in [2.75, 3.05) is 20.2 Å². The first kappa shape index (κ1) is 21.0. The fraction of sp³-hybridized carbons (Fsp3) is 0.611. The zero-order valence-corrected chi connectivity index (χ0v) is 17.1. The molecule has 1 saturated heterocycles. The molecule has 0 aromatic heterocycles. The average molecular weight is 403 g/mol. The third kappa shape index (κ3) is 4.90. The number of carbonyl (C=O) groups is 1. The number of nitrogens with zero attached hydrogens (tertiary/aromatic N) is 1. The van der Waals surface area contributed by atoms with Gasteiger partial charge in [0.1, 0.15) is 5.75 Å². The topological polar surface area (TPSA) is 75.7 Å². The first-order chi connectivity index (χ1) is 12.3. The number of hydrogen-bond acceptors (Lipinski definition) is 4. The van der Waals surface area contributed by atoms with Crippen LogP contribution in [0.3, 0.4) is 0 Å². The molecule has 0 unspecified atom stereocenters. The minimum Gasteiger partial charge on any atom is -0.495 e. The number of methoxy groups -OCH3 is 1. The normalized spacial score (nSPS) is 17.7. The average Bonchev–Trinajstić information content (AvgIpc) is 2.61. The van der Waals surface area contributed by atoms with Crippen molar-refractivity contribution in [3.63, 3.8) is 0 Å². The van der Waals surface area contributed by atoms with Gasteiger partial charge in [-0.25, -0.2) is 8.42 Å². The second-order valence-electron chi connectivity index (χ2n) is 6.67. The summed E-state index contributed by atoms with van der Waals surface area (Å²) in [5.74, 6) is 0.317. The van der Waals surface area contributed by atoms with Gasteiger partial charge in [-0.15, -0.1) is 0 Å². The molecule has 1 amide bonds. The van der Waals surface area contributed by atoms with Gasteiger partial charge in [-0.05, 0) is 44.4 Å². The van der Waals surface area contributed by atoms with E-state index in [0.717, 1.165) is 12.8 Å². The maximum Gasteiger partial charge on any atom is 0.243 e. The van der Waals surface area contributed by atoms with E-state index in [1.54, 1.807) is 6.07 Å². The lowest BCUT2D eigenvalue weighted by molar-refractivity contribution is -0.126. The highest BCUT2D eigenvalue weighted by molar-refractivity contribution is 7.89. The van der Waals surface area contributed by atoms with Gasteiger partial charge in [0, 0.05) is 25.0 Å². The Kier molecular flexibility index (Phi) is 7.32. The number of hydrogen-bond donors (Lipinski definition) is 1. The minimum absolute atomic E-state index is 0.0236. The van der Waals surface area contributed by atoms with Gasteiger partial charge in [-0.2, -0.15) is 4.31 Å². The van der Waals surface area contributed by atoms with Crippen molar-refractivity contribution >= 4 is 27.5 Å². The maximum absolute atomic E-state index is 12.8. The lowest BCUT2D eigenvalue weighted by Crippen LogP contribution is -2.44. The summed E-state index contributed by atoms with van der Waals surface area (Å²) < 4.78 is 32.1. The first-order valence-corrected chi connectivity index (χ1v) is 10.8. The van der Waals surface area contributed by atoms with Crippen molar-refractivity contribution in [2.45, 2.75) is 50.5 Å². The third-order valence-electron chi connectivity index (χ3n) is 4.70. The van der Waals surface area contributed by atoms with Gasteiger partial charge >= 0.3 is 0 Å². The van der Waals surface area contributed by atoms with Crippen molar-refractivity contribution in [2.24, 2.45) is 5.92 Å². The Morgan fingerprint density at radius 1 is 1.38 bits per heavy atom. The molecule has 0 radical (unpaired) electrons. The number of ether oxygens (including phenoxy) is 1. The highest BCUT2D eigenvalue weighted by atomic mass is 35.5. The summed E-state index contributed by atoms with van der Waals surface area (Å²) in [6.07, 6.45) is 3.00. The zero-order valence-electron chi connectivity index (χ0n) is 15.5. The van der Waals surface area contributed by atoms with Gasteiger partial charge in [0.2, 0.25) is 15.9 Å². The smallest absolute Gasteiger partial charge is 0.243 e. The first-order valence-electron chi connectivity index (χ1n) is 8.93. The number of nitrogens with one attached hydrogen (secondary N) is 1. The number of piperidine rings is 1. The summed E-state index contributed by atoms with van der Waals surface area (Å²) >= 11 is 6.05. The Hall–Kier alpha value is -1.31. The van der Waals surface area contributed by atoms with E-state index in [1.165, 1.54) is 23.5 Å². The number of sulfonamides is 1. The van der Waals surface area contributed by atoms with Crippen LogP contribution in [0.1, 0.15) is 39.5 Å². The SMILES string of the molecule is CCC[C@H](C)NC(=O)C1CCN(S(=O)(=O)c2ccc(OC)c(Cl)c2)CC1. The number of amides is 1. The molecule has 1 aromatic rings. The lowest BCUT2D eigenvalue weighted by Gasteiger charge is -2.31. The van der Waals surface area contributed by atoms with Crippen LogP contribution in [0.5, 0.6) is 5.75 Å². The van der Waals surface area contributed by atoms with E-state index < -0.39 is 10.0 Å². The Morgan fingerprint density at radius 2 is 2.04 bits per heavy atom. The van der Waals surface area contributed by atoms with E-state index >= 15 is 0 Å². The lowest BCUT2D eigenvalue weighted by atomic mass is 9.96. The second-order valence-corrected chi connectivity index (χ2v) is 9.02. The summed E-state index contributed by atoms with van der Waals surface area (Å²) in [5.41, 5.74) is 0. The van der Waals surface area contributed by atoms with E-state index in [0.29, 0.717) is 31.7 Å². The number of halogens is 1. The van der Waals surface area contributed by atoms with Crippen LogP contribution in [0.4, 0.5) is 0 Å². The van der Waals surface area contributed by atoms with Gasteiger partial charge in [0.25, 0.3) is 0 Å². The van der Waals surface area contributed by atoms with E-state index in [2.05, 4.69) is 12.2 Å². The van der Waals surface area contributed by atoms with E-state index in [-0.39, 0.29) is 27.8 Å². The number of benzene rings is 1. The van der Waals surface area contributed by atoms with Crippen LogP contribution >= 0.6 is 11.6 Å².